The highest BCUT2D eigenvalue weighted by molar-refractivity contribution is 7.99. The zero-order valence-corrected chi connectivity index (χ0v) is 17.6. The van der Waals surface area contributed by atoms with Gasteiger partial charge in [0.15, 0.2) is 0 Å². The fraction of sp³-hybridized carbons (Fsp3) is 0.286. The van der Waals surface area contributed by atoms with E-state index < -0.39 is 0 Å². The van der Waals surface area contributed by atoms with Crippen LogP contribution in [0.2, 0.25) is 0 Å². The second-order valence-corrected chi connectivity index (χ2v) is 7.51. The molecule has 7 nitrogen and oxygen atoms in total. The molecule has 2 aromatic carbocycles. The Morgan fingerprint density at radius 1 is 1.07 bits per heavy atom. The molecule has 0 unspecified atom stereocenters. The summed E-state index contributed by atoms with van der Waals surface area (Å²) in [5, 5.41) is 11.2. The third-order valence-corrected chi connectivity index (χ3v) is 5.01. The highest BCUT2D eigenvalue weighted by Crippen LogP contribution is 2.30. The molecular formula is C21H23N3O4S. The van der Waals surface area contributed by atoms with Gasteiger partial charge in [-0.2, -0.15) is 0 Å². The summed E-state index contributed by atoms with van der Waals surface area (Å²) in [6.45, 7) is 4.26. The van der Waals surface area contributed by atoms with Gasteiger partial charge in [-0.3, -0.25) is 4.79 Å². The number of nitrogens with one attached hydrogen (secondary N) is 1. The molecule has 1 N–H and O–H groups in total. The predicted molar refractivity (Wildman–Crippen MR) is 113 cm³/mol. The minimum absolute atomic E-state index is 0.143. The Labute approximate surface area is 173 Å². The molecule has 3 aromatic rings. The molecule has 0 fully saturated rings. The van der Waals surface area contributed by atoms with E-state index in [-0.39, 0.29) is 11.7 Å². The Balaban J connectivity index is 1.59. The average molecular weight is 413 g/mol. The van der Waals surface area contributed by atoms with Crippen molar-refractivity contribution in [1.29, 1.82) is 0 Å². The number of methoxy groups -OCH3 is 2. The van der Waals surface area contributed by atoms with Crippen LogP contribution < -0.4 is 14.8 Å². The second-order valence-electron chi connectivity index (χ2n) is 6.59. The lowest BCUT2D eigenvalue weighted by atomic mass is 10.0. The molecular weight excluding hydrogens is 390 g/mol. The van der Waals surface area contributed by atoms with Crippen molar-refractivity contribution in [2.45, 2.75) is 25.0 Å². The van der Waals surface area contributed by atoms with Crippen LogP contribution in [0.1, 0.15) is 25.3 Å². The predicted octanol–water partition coefficient (Wildman–Crippen LogP) is 4.61. The van der Waals surface area contributed by atoms with Crippen LogP contribution >= 0.6 is 11.8 Å². The molecule has 0 aliphatic rings. The first-order valence-corrected chi connectivity index (χ1v) is 10.1. The van der Waals surface area contributed by atoms with Gasteiger partial charge in [-0.25, -0.2) is 0 Å². The SMILES string of the molecule is COc1cc(OC)cc(-c2nnc(SCC(=O)Nc3ccc(C(C)C)cc3)o2)c1. The van der Waals surface area contributed by atoms with E-state index in [0.29, 0.717) is 34.1 Å². The van der Waals surface area contributed by atoms with Crippen molar-refractivity contribution >= 4 is 23.4 Å². The molecule has 0 spiro atoms. The van der Waals surface area contributed by atoms with E-state index in [0.717, 1.165) is 5.69 Å². The number of nitrogens with zero attached hydrogens (tertiary/aromatic N) is 2. The van der Waals surface area contributed by atoms with Crippen LogP contribution in [-0.4, -0.2) is 36.1 Å². The maximum Gasteiger partial charge on any atom is 0.277 e. The maximum atomic E-state index is 12.2. The number of ether oxygens (including phenoxy) is 2. The molecule has 3 rings (SSSR count). The lowest BCUT2D eigenvalue weighted by molar-refractivity contribution is -0.113. The van der Waals surface area contributed by atoms with E-state index in [1.54, 1.807) is 32.4 Å². The minimum Gasteiger partial charge on any atom is -0.497 e. The first-order valence-electron chi connectivity index (χ1n) is 9.08. The lowest BCUT2D eigenvalue weighted by Crippen LogP contribution is -2.14. The van der Waals surface area contributed by atoms with E-state index >= 15 is 0 Å². The van der Waals surface area contributed by atoms with Gasteiger partial charge in [0.2, 0.25) is 11.8 Å². The molecule has 0 radical (unpaired) electrons. The largest absolute Gasteiger partial charge is 0.497 e. The first-order chi connectivity index (χ1) is 14.0. The number of thioether (sulfide) groups is 1. The van der Waals surface area contributed by atoms with Crippen molar-refractivity contribution < 1.29 is 18.7 Å². The van der Waals surface area contributed by atoms with Gasteiger partial charge in [-0.05, 0) is 35.7 Å². The molecule has 1 amide bonds. The highest BCUT2D eigenvalue weighted by Gasteiger charge is 2.13. The molecule has 152 valence electrons. The van der Waals surface area contributed by atoms with Crippen molar-refractivity contribution in [2.24, 2.45) is 0 Å². The van der Waals surface area contributed by atoms with Gasteiger partial charge in [0.05, 0.1) is 20.0 Å². The number of rotatable bonds is 8. The zero-order chi connectivity index (χ0) is 20.8. The number of benzene rings is 2. The van der Waals surface area contributed by atoms with Gasteiger partial charge in [0, 0.05) is 17.3 Å². The van der Waals surface area contributed by atoms with Crippen molar-refractivity contribution in [3.63, 3.8) is 0 Å². The Kier molecular flexibility index (Phi) is 6.77. The maximum absolute atomic E-state index is 12.2. The number of carbonyl (C=O) groups is 1. The van der Waals surface area contributed by atoms with E-state index in [1.165, 1.54) is 17.3 Å². The van der Waals surface area contributed by atoms with E-state index in [2.05, 4.69) is 29.4 Å². The molecule has 0 saturated heterocycles. The number of hydrogen-bond acceptors (Lipinski definition) is 7. The molecule has 29 heavy (non-hydrogen) atoms. The quantitative estimate of drug-likeness (QED) is 0.540. The van der Waals surface area contributed by atoms with Crippen LogP contribution in [0.15, 0.2) is 52.1 Å². The third-order valence-electron chi connectivity index (χ3n) is 4.19. The summed E-state index contributed by atoms with van der Waals surface area (Å²) in [5.74, 6) is 2.04. The third kappa shape index (κ3) is 5.51. The summed E-state index contributed by atoms with van der Waals surface area (Å²) >= 11 is 1.18. The Bertz CT molecular complexity index is 948. The van der Waals surface area contributed by atoms with Gasteiger partial charge in [-0.1, -0.05) is 37.7 Å². The molecule has 1 heterocycles. The minimum atomic E-state index is -0.143. The van der Waals surface area contributed by atoms with Gasteiger partial charge in [0.25, 0.3) is 5.22 Å². The van der Waals surface area contributed by atoms with Crippen molar-refractivity contribution in [2.75, 3.05) is 25.3 Å². The fourth-order valence-electron chi connectivity index (χ4n) is 2.59. The van der Waals surface area contributed by atoms with Crippen LogP contribution in [0.25, 0.3) is 11.5 Å². The van der Waals surface area contributed by atoms with Crippen LogP contribution in [0, 0.1) is 0 Å². The van der Waals surface area contributed by atoms with E-state index in [4.69, 9.17) is 13.9 Å². The smallest absolute Gasteiger partial charge is 0.277 e. The lowest BCUT2D eigenvalue weighted by Gasteiger charge is -2.08. The molecule has 0 aliphatic carbocycles. The average Bonchev–Trinajstić information content (AvgIpc) is 3.21. The summed E-state index contributed by atoms with van der Waals surface area (Å²) in [4.78, 5) is 12.2. The van der Waals surface area contributed by atoms with Crippen molar-refractivity contribution in [3.05, 3.63) is 48.0 Å². The summed E-state index contributed by atoms with van der Waals surface area (Å²) in [6.07, 6.45) is 0. The summed E-state index contributed by atoms with van der Waals surface area (Å²) in [7, 11) is 3.14. The van der Waals surface area contributed by atoms with Crippen LogP contribution in [0.5, 0.6) is 11.5 Å². The summed E-state index contributed by atoms with van der Waals surface area (Å²) in [5.41, 5.74) is 2.66. The first kappa shape index (κ1) is 20.7. The highest BCUT2D eigenvalue weighted by atomic mass is 32.2. The summed E-state index contributed by atoms with van der Waals surface area (Å²) < 4.78 is 16.2. The van der Waals surface area contributed by atoms with Crippen LogP contribution in [0.4, 0.5) is 5.69 Å². The normalized spacial score (nSPS) is 10.8. The molecule has 1 aromatic heterocycles. The van der Waals surface area contributed by atoms with E-state index in [1.807, 2.05) is 24.3 Å². The number of hydrogen-bond donors (Lipinski definition) is 1. The molecule has 0 bridgehead atoms. The van der Waals surface area contributed by atoms with Gasteiger partial charge < -0.3 is 19.2 Å². The van der Waals surface area contributed by atoms with Crippen molar-refractivity contribution in [1.82, 2.24) is 10.2 Å². The van der Waals surface area contributed by atoms with Crippen molar-refractivity contribution in [3.8, 4) is 23.0 Å². The molecule has 0 aliphatic heterocycles. The Morgan fingerprint density at radius 2 is 1.72 bits per heavy atom. The number of aromatic nitrogens is 2. The van der Waals surface area contributed by atoms with E-state index in [9.17, 15) is 4.79 Å². The number of amides is 1. The Morgan fingerprint density at radius 3 is 2.31 bits per heavy atom. The zero-order valence-electron chi connectivity index (χ0n) is 16.8. The molecule has 0 atom stereocenters. The van der Waals surface area contributed by atoms with Crippen LogP contribution in [-0.2, 0) is 4.79 Å². The molecule has 8 heteroatoms. The number of carbonyl (C=O) groups excluding carboxylic acids is 1. The monoisotopic (exact) mass is 413 g/mol. The summed E-state index contributed by atoms with van der Waals surface area (Å²) in [6, 6.07) is 13.1. The standard InChI is InChI=1S/C21H23N3O4S/c1-13(2)14-5-7-16(8-6-14)22-19(25)12-29-21-24-23-20(28-21)15-9-17(26-3)11-18(10-15)27-4/h5-11,13H,12H2,1-4H3,(H,22,25). The Hall–Kier alpha value is -3.00. The van der Waals surface area contributed by atoms with Gasteiger partial charge >= 0.3 is 0 Å². The van der Waals surface area contributed by atoms with Gasteiger partial charge in [0.1, 0.15) is 11.5 Å². The topological polar surface area (TPSA) is 86.5 Å². The second kappa shape index (κ2) is 9.47. The fourth-order valence-corrected chi connectivity index (χ4v) is 3.15. The number of anilines is 1. The molecule has 0 saturated carbocycles. The van der Waals surface area contributed by atoms with Crippen LogP contribution in [0.3, 0.4) is 0 Å². The van der Waals surface area contributed by atoms with Gasteiger partial charge in [-0.15, -0.1) is 10.2 Å².